The number of ether oxygens (including phenoxy) is 3. The minimum absolute atomic E-state index is 0.00445. The first kappa shape index (κ1) is 38.6. The molecule has 60 heavy (non-hydrogen) atoms. The van der Waals surface area contributed by atoms with E-state index in [1.54, 1.807) is 55.6 Å². The summed E-state index contributed by atoms with van der Waals surface area (Å²) >= 11 is 6.42. The molecule has 0 bridgehead atoms. The Morgan fingerprint density at radius 2 is 1.58 bits per heavy atom. The molecular formula is C44H39ClN6O9. The van der Waals surface area contributed by atoms with Gasteiger partial charge in [0, 0.05) is 43.1 Å². The Labute approximate surface area is 346 Å². The summed E-state index contributed by atoms with van der Waals surface area (Å²) < 4.78 is 21.6. The van der Waals surface area contributed by atoms with E-state index in [0.717, 1.165) is 4.57 Å². The summed E-state index contributed by atoms with van der Waals surface area (Å²) in [5.41, 5.74) is 0.0144. The molecule has 2 amide bonds. The van der Waals surface area contributed by atoms with E-state index in [-0.39, 0.29) is 43.1 Å². The number of amides is 2. The van der Waals surface area contributed by atoms with Gasteiger partial charge in [-0.2, -0.15) is 0 Å². The van der Waals surface area contributed by atoms with Gasteiger partial charge in [0.2, 0.25) is 11.8 Å². The summed E-state index contributed by atoms with van der Waals surface area (Å²) in [5.74, 6) is -1.99. The number of aromatic nitrogens is 5. The molecule has 1 aliphatic carbocycles. The standard InChI is InChI=1S/C44H39ClN6O9/c1-47-33-23-37(60-4)36(59-3)22-31(33)46-30(40(47)54)16-17-48-42(56)49-18-15-28-32(51(49)43(48)57)21-29-39(53)50(27-12-8-11-26(45)20-27)41(55)44(29,25-9-6-5-7-10-25)38(28)24-13-14-34(52)35(19-24)58-2/h5-15,19-20,22-23,29,32,38,52H,16-18,21H2,1-4H3/t29-,32+,38-,44+/m0/s1. The van der Waals surface area contributed by atoms with Crippen molar-refractivity contribution in [1.29, 1.82) is 0 Å². The molecule has 2 fully saturated rings. The second-order valence-corrected chi connectivity index (χ2v) is 15.5. The first-order chi connectivity index (χ1) is 28.9. The van der Waals surface area contributed by atoms with Crippen LogP contribution in [0.15, 0.2) is 111 Å². The van der Waals surface area contributed by atoms with E-state index in [4.69, 9.17) is 25.8 Å². The molecule has 15 nitrogen and oxygen atoms in total. The minimum atomic E-state index is -1.53. The Balaban J connectivity index is 1.19. The molecule has 306 valence electrons. The summed E-state index contributed by atoms with van der Waals surface area (Å²) in [6.07, 6.45) is 1.80. The second kappa shape index (κ2) is 14.4. The predicted octanol–water partition coefficient (Wildman–Crippen LogP) is 4.48. The lowest BCUT2D eigenvalue weighted by Gasteiger charge is -2.49. The fourth-order valence-corrected chi connectivity index (χ4v) is 9.77. The number of hydrogen-bond acceptors (Lipinski definition) is 10. The number of fused-ring (bicyclic) bond motifs is 5. The van der Waals surface area contributed by atoms with Crippen LogP contribution in [0.3, 0.4) is 0 Å². The van der Waals surface area contributed by atoms with Gasteiger partial charge in [0.05, 0.1) is 62.0 Å². The van der Waals surface area contributed by atoms with Crippen LogP contribution in [0.4, 0.5) is 5.69 Å². The van der Waals surface area contributed by atoms with Gasteiger partial charge >= 0.3 is 11.4 Å². The molecular weight excluding hydrogens is 792 g/mol. The molecule has 4 atom stereocenters. The number of aromatic hydroxyl groups is 1. The first-order valence-electron chi connectivity index (χ1n) is 19.2. The van der Waals surface area contributed by atoms with Gasteiger partial charge in [-0.15, -0.1) is 0 Å². The van der Waals surface area contributed by atoms with Crippen LogP contribution >= 0.6 is 11.6 Å². The van der Waals surface area contributed by atoms with Gasteiger partial charge in [0.1, 0.15) is 5.69 Å². The largest absolute Gasteiger partial charge is 0.504 e. The molecule has 16 heteroatoms. The molecule has 1 saturated carbocycles. The van der Waals surface area contributed by atoms with Crippen LogP contribution in [-0.2, 0) is 41.6 Å². The van der Waals surface area contributed by atoms with Crippen LogP contribution < -0.4 is 36.0 Å². The Morgan fingerprint density at radius 3 is 2.30 bits per heavy atom. The molecule has 2 aromatic heterocycles. The van der Waals surface area contributed by atoms with Crippen molar-refractivity contribution < 1.29 is 28.9 Å². The molecule has 2 aliphatic heterocycles. The lowest BCUT2D eigenvalue weighted by atomic mass is 9.53. The molecule has 0 spiro atoms. The Kier molecular flexibility index (Phi) is 9.30. The third-order valence-electron chi connectivity index (χ3n) is 12.3. The van der Waals surface area contributed by atoms with Gasteiger partial charge in [0.25, 0.3) is 5.56 Å². The van der Waals surface area contributed by atoms with Crippen LogP contribution in [0.1, 0.15) is 35.2 Å². The topological polar surface area (TPSA) is 169 Å². The second-order valence-electron chi connectivity index (χ2n) is 15.1. The molecule has 1 saturated heterocycles. The van der Waals surface area contributed by atoms with Crippen LogP contribution in [-0.4, -0.2) is 61.7 Å². The average molecular weight is 831 g/mol. The van der Waals surface area contributed by atoms with E-state index < -0.39 is 52.0 Å². The number of benzene rings is 4. The lowest BCUT2D eigenvalue weighted by molar-refractivity contribution is -0.124. The van der Waals surface area contributed by atoms with E-state index >= 15 is 4.79 Å². The number of anilines is 1. The summed E-state index contributed by atoms with van der Waals surface area (Å²) in [6, 6.07) is 22.9. The summed E-state index contributed by atoms with van der Waals surface area (Å²) in [4.78, 5) is 78.6. The summed E-state index contributed by atoms with van der Waals surface area (Å²) in [6.45, 7) is -0.185. The number of nitrogens with zero attached hydrogens (tertiary/aromatic N) is 6. The summed E-state index contributed by atoms with van der Waals surface area (Å²) in [5, 5.41) is 11.0. The molecule has 3 aliphatic rings. The molecule has 4 aromatic carbocycles. The lowest BCUT2D eigenvalue weighted by Crippen LogP contribution is -2.53. The SMILES string of the molecule is COc1cc([C@H]2C3=CCn4c(=O)n(CCc5nc6cc(OC)c(OC)cc6n(C)c5=O)c(=O)n4[C@@H]3C[C@H]3C(=O)N(c4cccc(Cl)c4)C(=O)[C@@]23c2ccccc2)ccc1O. The molecule has 6 aromatic rings. The molecule has 9 rings (SSSR count). The van der Waals surface area contributed by atoms with Gasteiger partial charge in [-0.25, -0.2) is 33.4 Å². The maximum absolute atomic E-state index is 15.4. The highest BCUT2D eigenvalue weighted by molar-refractivity contribution is 6.32. The van der Waals surface area contributed by atoms with Crippen LogP contribution in [0.25, 0.3) is 11.0 Å². The van der Waals surface area contributed by atoms with Crippen LogP contribution in [0.2, 0.25) is 5.02 Å². The fraction of sp³-hybridized carbons (Fsp3) is 0.273. The molecule has 1 N–H and O–H groups in total. The minimum Gasteiger partial charge on any atom is -0.504 e. The van der Waals surface area contributed by atoms with Gasteiger partial charge in [-0.1, -0.05) is 60.1 Å². The zero-order chi connectivity index (χ0) is 42.2. The highest BCUT2D eigenvalue weighted by Crippen LogP contribution is 2.62. The van der Waals surface area contributed by atoms with Gasteiger partial charge in [-0.3, -0.25) is 14.4 Å². The monoisotopic (exact) mass is 830 g/mol. The van der Waals surface area contributed by atoms with Gasteiger partial charge in [-0.05, 0) is 53.5 Å². The van der Waals surface area contributed by atoms with Gasteiger partial charge < -0.3 is 23.9 Å². The van der Waals surface area contributed by atoms with Crippen molar-refractivity contribution in [2.24, 2.45) is 13.0 Å². The number of methoxy groups -OCH3 is 3. The van der Waals surface area contributed by atoms with Crippen molar-refractivity contribution >= 4 is 40.1 Å². The molecule has 0 radical (unpaired) electrons. The smallest absolute Gasteiger partial charge is 0.347 e. The number of aryl methyl sites for hydroxylation is 2. The van der Waals surface area contributed by atoms with Crippen molar-refractivity contribution in [2.45, 2.75) is 43.3 Å². The summed E-state index contributed by atoms with van der Waals surface area (Å²) in [7, 11) is 6.01. The van der Waals surface area contributed by atoms with Crippen LogP contribution in [0.5, 0.6) is 23.0 Å². The number of carbonyl (C=O) groups excluding carboxylic acids is 2. The first-order valence-corrected chi connectivity index (χ1v) is 19.6. The van der Waals surface area contributed by atoms with E-state index in [2.05, 4.69) is 4.98 Å². The zero-order valence-electron chi connectivity index (χ0n) is 33.0. The van der Waals surface area contributed by atoms with E-state index in [1.165, 1.54) is 46.2 Å². The predicted molar refractivity (Wildman–Crippen MR) is 221 cm³/mol. The maximum atomic E-state index is 15.4. The quantitative estimate of drug-likeness (QED) is 0.162. The third kappa shape index (κ3) is 5.55. The van der Waals surface area contributed by atoms with Crippen molar-refractivity contribution in [1.82, 2.24) is 23.5 Å². The number of halogens is 1. The van der Waals surface area contributed by atoms with E-state index in [1.807, 2.05) is 36.4 Å². The highest BCUT2D eigenvalue weighted by Gasteiger charge is 2.68. The molecule has 0 unspecified atom stereocenters. The number of hydrogen-bond donors (Lipinski definition) is 1. The number of imide groups is 1. The highest BCUT2D eigenvalue weighted by atomic mass is 35.5. The van der Waals surface area contributed by atoms with Crippen molar-refractivity contribution in [2.75, 3.05) is 26.2 Å². The normalized spacial score (nSPS) is 20.7. The van der Waals surface area contributed by atoms with Gasteiger partial charge in [0.15, 0.2) is 23.0 Å². The third-order valence-corrected chi connectivity index (χ3v) is 12.5. The number of rotatable bonds is 9. The maximum Gasteiger partial charge on any atom is 0.347 e. The van der Waals surface area contributed by atoms with E-state index in [9.17, 15) is 24.3 Å². The van der Waals surface area contributed by atoms with Crippen molar-refractivity contribution in [3.8, 4) is 23.0 Å². The van der Waals surface area contributed by atoms with Crippen molar-refractivity contribution in [3.05, 3.63) is 150 Å². The Hall–Kier alpha value is -6.87. The Morgan fingerprint density at radius 1 is 0.850 bits per heavy atom. The molecule has 4 heterocycles. The number of phenols is 1. The van der Waals surface area contributed by atoms with Crippen LogP contribution in [0, 0.1) is 5.92 Å². The Bertz CT molecular complexity index is 2990. The van der Waals surface area contributed by atoms with Crippen molar-refractivity contribution in [3.63, 3.8) is 0 Å². The van der Waals surface area contributed by atoms with E-state index in [0.29, 0.717) is 49.9 Å². The number of allylic oxidation sites excluding steroid dienone is 2. The number of carbonyl (C=O) groups is 2. The fourth-order valence-electron chi connectivity index (χ4n) is 9.58. The average Bonchev–Trinajstić information content (AvgIpc) is 3.64. The number of phenolic OH excluding ortho intramolecular Hbond substituents is 1. The zero-order valence-corrected chi connectivity index (χ0v) is 33.8.